The number of ether oxygens (including phenoxy) is 2. The lowest BCUT2D eigenvalue weighted by Gasteiger charge is -2.17. The van der Waals surface area contributed by atoms with Gasteiger partial charge in [-0.3, -0.25) is 4.79 Å². The monoisotopic (exact) mass is 365 g/mol. The average molecular weight is 365 g/mol. The summed E-state index contributed by atoms with van der Waals surface area (Å²) in [5, 5.41) is 7.32. The first kappa shape index (κ1) is 15.9. The second-order valence-corrected chi connectivity index (χ2v) is 6.78. The fourth-order valence-electron chi connectivity index (χ4n) is 3.53. The van der Waals surface area contributed by atoms with Crippen LogP contribution in [-0.2, 0) is 0 Å². The minimum atomic E-state index is -0.275. The Labute approximate surface area is 155 Å². The second-order valence-electron chi connectivity index (χ2n) is 6.78. The van der Waals surface area contributed by atoms with Crippen LogP contribution < -0.4 is 19.7 Å². The molecule has 0 unspecified atom stereocenters. The molecular weight excluding hydrogens is 346 g/mol. The van der Waals surface area contributed by atoms with Crippen molar-refractivity contribution in [2.75, 3.05) is 30.1 Å². The number of aryl methyl sites for hydroxylation is 1. The molecular formula is C19H19N5O3. The lowest BCUT2D eigenvalue weighted by Crippen LogP contribution is -2.20. The summed E-state index contributed by atoms with van der Waals surface area (Å²) in [5.41, 5.74) is 2.70. The molecule has 2 aromatic heterocycles. The number of carbonyl (C=O) groups is 1. The van der Waals surface area contributed by atoms with Gasteiger partial charge in [-0.2, -0.15) is 5.10 Å². The predicted molar refractivity (Wildman–Crippen MR) is 99.7 cm³/mol. The predicted octanol–water partition coefficient (Wildman–Crippen LogP) is 2.62. The van der Waals surface area contributed by atoms with Crippen LogP contribution in [0.3, 0.4) is 0 Å². The smallest absolute Gasteiger partial charge is 0.276 e. The van der Waals surface area contributed by atoms with Crippen LogP contribution in [0.1, 0.15) is 29.0 Å². The molecule has 0 radical (unpaired) electrons. The first-order valence-corrected chi connectivity index (χ1v) is 9.00. The Bertz CT molecular complexity index is 1040. The van der Waals surface area contributed by atoms with Gasteiger partial charge in [-0.05, 0) is 31.9 Å². The number of benzene rings is 1. The Kier molecular flexibility index (Phi) is 3.63. The number of amides is 1. The van der Waals surface area contributed by atoms with E-state index in [0.717, 1.165) is 43.0 Å². The molecule has 2 aliphatic rings. The first-order valence-electron chi connectivity index (χ1n) is 9.00. The highest BCUT2D eigenvalue weighted by atomic mass is 16.7. The molecule has 8 nitrogen and oxygen atoms in total. The van der Waals surface area contributed by atoms with Gasteiger partial charge >= 0.3 is 0 Å². The van der Waals surface area contributed by atoms with Gasteiger partial charge < -0.3 is 19.7 Å². The molecule has 0 saturated carbocycles. The number of carbonyl (C=O) groups excluding carboxylic acids is 1. The molecule has 3 aromatic rings. The Hall–Kier alpha value is -3.29. The molecule has 0 spiro atoms. The Balaban J connectivity index is 1.46. The molecule has 4 heterocycles. The molecule has 0 bridgehead atoms. The van der Waals surface area contributed by atoms with Crippen LogP contribution in [-0.4, -0.2) is 40.4 Å². The third-order valence-electron chi connectivity index (χ3n) is 4.82. The van der Waals surface area contributed by atoms with Crippen molar-refractivity contribution in [3.8, 4) is 11.5 Å². The standard InChI is InChI=1S/C19H19N5O3/c1-12-10-24-15(18(20-12)23-6-2-3-7-23)9-14(22-24)19(25)21-13-4-5-16-17(8-13)27-11-26-16/h4-5,8-10H,2-3,6-7,11H2,1H3,(H,21,25). The summed E-state index contributed by atoms with van der Waals surface area (Å²) in [7, 11) is 0. The molecule has 0 aliphatic carbocycles. The van der Waals surface area contributed by atoms with Gasteiger partial charge in [0, 0.05) is 30.9 Å². The normalized spacial score (nSPS) is 15.5. The van der Waals surface area contributed by atoms with Crippen LogP contribution in [0.15, 0.2) is 30.5 Å². The number of hydrogen-bond donors (Lipinski definition) is 1. The fourth-order valence-corrected chi connectivity index (χ4v) is 3.53. The number of anilines is 2. The van der Waals surface area contributed by atoms with Gasteiger partial charge in [0.05, 0.1) is 11.9 Å². The second kappa shape index (κ2) is 6.15. The van der Waals surface area contributed by atoms with E-state index in [4.69, 9.17) is 9.47 Å². The quantitative estimate of drug-likeness (QED) is 0.768. The van der Waals surface area contributed by atoms with Crippen molar-refractivity contribution in [1.82, 2.24) is 14.6 Å². The van der Waals surface area contributed by atoms with Gasteiger partial charge in [0.1, 0.15) is 5.52 Å². The van der Waals surface area contributed by atoms with Crippen LogP contribution in [0.5, 0.6) is 11.5 Å². The highest BCUT2D eigenvalue weighted by molar-refractivity contribution is 6.04. The van der Waals surface area contributed by atoms with Gasteiger partial charge in [0.25, 0.3) is 5.91 Å². The van der Waals surface area contributed by atoms with Crippen molar-refractivity contribution >= 4 is 22.9 Å². The van der Waals surface area contributed by atoms with Gasteiger partial charge in [-0.25, -0.2) is 9.50 Å². The zero-order valence-electron chi connectivity index (χ0n) is 14.9. The summed E-state index contributed by atoms with van der Waals surface area (Å²) in [4.78, 5) is 19.6. The summed E-state index contributed by atoms with van der Waals surface area (Å²) in [5.74, 6) is 1.92. The molecule has 5 rings (SSSR count). The van der Waals surface area contributed by atoms with Crippen molar-refractivity contribution in [2.45, 2.75) is 19.8 Å². The van der Waals surface area contributed by atoms with Crippen LogP contribution in [0.25, 0.3) is 5.52 Å². The van der Waals surface area contributed by atoms with Crippen LogP contribution in [0, 0.1) is 6.92 Å². The van der Waals surface area contributed by atoms with E-state index in [0.29, 0.717) is 22.9 Å². The van der Waals surface area contributed by atoms with E-state index in [1.54, 1.807) is 28.8 Å². The maximum atomic E-state index is 12.7. The largest absolute Gasteiger partial charge is 0.454 e. The van der Waals surface area contributed by atoms with E-state index in [-0.39, 0.29) is 12.7 Å². The maximum absolute atomic E-state index is 12.7. The van der Waals surface area contributed by atoms with Crippen LogP contribution >= 0.6 is 0 Å². The van der Waals surface area contributed by atoms with E-state index in [1.165, 1.54) is 0 Å². The average Bonchev–Trinajstić information content (AvgIpc) is 3.40. The molecule has 1 saturated heterocycles. The maximum Gasteiger partial charge on any atom is 0.276 e. The van der Waals surface area contributed by atoms with E-state index in [9.17, 15) is 4.79 Å². The highest BCUT2D eigenvalue weighted by Crippen LogP contribution is 2.34. The summed E-state index contributed by atoms with van der Waals surface area (Å²) in [6.45, 7) is 4.10. The Morgan fingerprint density at radius 2 is 1.96 bits per heavy atom. The van der Waals surface area contributed by atoms with Gasteiger partial charge in [0.15, 0.2) is 23.0 Å². The molecule has 2 aliphatic heterocycles. The molecule has 1 aromatic carbocycles. The van der Waals surface area contributed by atoms with Crippen LogP contribution in [0.4, 0.5) is 11.5 Å². The minimum absolute atomic E-state index is 0.199. The fraction of sp³-hybridized carbons (Fsp3) is 0.316. The summed E-state index contributed by atoms with van der Waals surface area (Å²) < 4.78 is 12.4. The van der Waals surface area contributed by atoms with Gasteiger partial charge in [0.2, 0.25) is 6.79 Å². The highest BCUT2D eigenvalue weighted by Gasteiger charge is 2.21. The van der Waals surface area contributed by atoms with E-state index in [2.05, 4.69) is 20.3 Å². The molecule has 27 heavy (non-hydrogen) atoms. The number of fused-ring (bicyclic) bond motifs is 2. The number of aromatic nitrogens is 3. The lowest BCUT2D eigenvalue weighted by atomic mass is 10.2. The molecule has 0 atom stereocenters. The van der Waals surface area contributed by atoms with E-state index in [1.807, 2.05) is 13.1 Å². The number of nitrogens with zero attached hydrogens (tertiary/aromatic N) is 4. The zero-order valence-corrected chi connectivity index (χ0v) is 14.9. The first-order chi connectivity index (χ1) is 13.2. The Morgan fingerprint density at radius 3 is 2.81 bits per heavy atom. The lowest BCUT2D eigenvalue weighted by molar-refractivity contribution is 0.102. The molecule has 1 N–H and O–H groups in total. The zero-order chi connectivity index (χ0) is 18.4. The van der Waals surface area contributed by atoms with Gasteiger partial charge in [-0.1, -0.05) is 0 Å². The van der Waals surface area contributed by atoms with Crippen molar-refractivity contribution in [1.29, 1.82) is 0 Å². The van der Waals surface area contributed by atoms with E-state index < -0.39 is 0 Å². The third kappa shape index (κ3) is 2.83. The Morgan fingerprint density at radius 1 is 1.15 bits per heavy atom. The third-order valence-corrected chi connectivity index (χ3v) is 4.82. The number of rotatable bonds is 3. The summed E-state index contributed by atoms with van der Waals surface area (Å²) in [6.07, 6.45) is 4.16. The molecule has 138 valence electrons. The van der Waals surface area contributed by atoms with Gasteiger partial charge in [-0.15, -0.1) is 0 Å². The van der Waals surface area contributed by atoms with E-state index >= 15 is 0 Å². The minimum Gasteiger partial charge on any atom is -0.454 e. The van der Waals surface area contributed by atoms with Crippen molar-refractivity contribution in [3.63, 3.8) is 0 Å². The molecule has 1 fully saturated rings. The molecule has 8 heteroatoms. The summed E-state index contributed by atoms with van der Waals surface area (Å²) >= 11 is 0. The van der Waals surface area contributed by atoms with Crippen molar-refractivity contribution in [2.24, 2.45) is 0 Å². The topological polar surface area (TPSA) is 81.0 Å². The van der Waals surface area contributed by atoms with Crippen molar-refractivity contribution < 1.29 is 14.3 Å². The SMILES string of the molecule is Cc1cn2nc(C(=O)Nc3ccc4c(c3)OCO4)cc2c(N2CCCC2)n1. The molecule has 1 amide bonds. The van der Waals surface area contributed by atoms with Crippen molar-refractivity contribution in [3.05, 3.63) is 41.9 Å². The number of hydrogen-bond acceptors (Lipinski definition) is 6. The summed E-state index contributed by atoms with van der Waals surface area (Å²) in [6, 6.07) is 7.10. The van der Waals surface area contributed by atoms with Crippen LogP contribution in [0.2, 0.25) is 0 Å². The number of nitrogens with one attached hydrogen (secondary N) is 1.